The van der Waals surface area contributed by atoms with Crippen LogP contribution in [0.25, 0.3) is 11.3 Å². The largest absolute Gasteiger partial charge is 0.467 e. The fourth-order valence-corrected chi connectivity index (χ4v) is 2.81. The fraction of sp³-hybridized carbons (Fsp3) is 0.182. The van der Waals surface area contributed by atoms with Gasteiger partial charge < -0.3 is 14.8 Å². The third-order valence-corrected chi connectivity index (χ3v) is 4.31. The van der Waals surface area contributed by atoms with E-state index in [2.05, 4.69) is 15.5 Å². The van der Waals surface area contributed by atoms with Crippen LogP contribution in [0.4, 0.5) is 0 Å². The van der Waals surface area contributed by atoms with Crippen LogP contribution in [0, 0.1) is 0 Å². The quantitative estimate of drug-likeness (QED) is 0.554. The zero-order valence-electron chi connectivity index (χ0n) is 16.3. The highest BCUT2D eigenvalue weighted by atomic mass is 16.5. The second-order valence-corrected chi connectivity index (χ2v) is 6.44. The number of ether oxygens (including phenoxy) is 2. The molecule has 30 heavy (non-hydrogen) atoms. The van der Waals surface area contributed by atoms with Crippen molar-refractivity contribution in [1.29, 1.82) is 0 Å². The smallest absolute Gasteiger partial charge is 0.356 e. The first-order valence-electron chi connectivity index (χ1n) is 9.26. The molecule has 8 nitrogen and oxygen atoms in total. The number of amides is 1. The minimum absolute atomic E-state index is 0.121. The minimum Gasteiger partial charge on any atom is -0.467 e. The van der Waals surface area contributed by atoms with Crippen molar-refractivity contribution in [2.45, 2.75) is 12.5 Å². The standard InChI is InChI=1S/C22H21N3O5/c1-29-21(27)18(12-15-8-4-2-5-9-15)23-20(26)14-30-22(28)19-13-17(24-25-19)16-10-6-3-7-11-16/h2-11,13,18H,12,14H2,1H3,(H,23,26)(H,24,25)/t18-/m0/s1. The third kappa shape index (κ3) is 5.54. The van der Waals surface area contributed by atoms with Gasteiger partial charge in [-0.3, -0.25) is 9.89 Å². The number of rotatable bonds is 8. The lowest BCUT2D eigenvalue weighted by atomic mass is 10.1. The highest BCUT2D eigenvalue weighted by Crippen LogP contribution is 2.17. The maximum absolute atomic E-state index is 12.2. The van der Waals surface area contributed by atoms with Crippen LogP contribution < -0.4 is 5.32 Å². The number of nitrogens with zero attached hydrogens (tertiary/aromatic N) is 1. The second-order valence-electron chi connectivity index (χ2n) is 6.44. The number of carbonyl (C=O) groups excluding carboxylic acids is 3. The first-order chi connectivity index (χ1) is 14.6. The molecule has 0 saturated carbocycles. The Hall–Kier alpha value is -3.94. The van der Waals surface area contributed by atoms with Crippen molar-refractivity contribution in [2.24, 2.45) is 0 Å². The maximum atomic E-state index is 12.2. The molecule has 0 aliphatic heterocycles. The van der Waals surface area contributed by atoms with Gasteiger partial charge in [-0.15, -0.1) is 0 Å². The molecule has 0 spiro atoms. The number of nitrogens with one attached hydrogen (secondary N) is 2. The summed E-state index contributed by atoms with van der Waals surface area (Å²) in [5.41, 5.74) is 2.40. The van der Waals surface area contributed by atoms with E-state index in [0.29, 0.717) is 5.69 Å². The lowest BCUT2D eigenvalue weighted by molar-refractivity contribution is -0.145. The molecule has 3 aromatic rings. The van der Waals surface area contributed by atoms with Gasteiger partial charge in [0.2, 0.25) is 0 Å². The summed E-state index contributed by atoms with van der Waals surface area (Å²) < 4.78 is 9.78. The van der Waals surface area contributed by atoms with E-state index >= 15 is 0 Å². The van der Waals surface area contributed by atoms with Gasteiger partial charge in [-0.05, 0) is 11.6 Å². The Kier molecular flexibility index (Phi) is 6.94. The molecule has 1 aromatic heterocycles. The Bertz CT molecular complexity index is 1000. The van der Waals surface area contributed by atoms with Crippen LogP contribution >= 0.6 is 0 Å². The topological polar surface area (TPSA) is 110 Å². The fourth-order valence-electron chi connectivity index (χ4n) is 2.81. The molecule has 3 rings (SSSR count). The summed E-state index contributed by atoms with van der Waals surface area (Å²) in [5, 5.41) is 9.21. The molecule has 1 amide bonds. The number of H-pyrrole nitrogens is 1. The van der Waals surface area contributed by atoms with Crippen LogP contribution in [0.15, 0.2) is 66.7 Å². The van der Waals surface area contributed by atoms with Gasteiger partial charge >= 0.3 is 11.9 Å². The minimum atomic E-state index is -0.888. The van der Waals surface area contributed by atoms with Gasteiger partial charge in [0.05, 0.1) is 12.8 Å². The predicted molar refractivity (Wildman–Crippen MR) is 108 cm³/mol. The van der Waals surface area contributed by atoms with Crippen LogP contribution in [-0.4, -0.2) is 47.8 Å². The molecule has 1 heterocycles. The van der Waals surface area contributed by atoms with E-state index in [0.717, 1.165) is 11.1 Å². The van der Waals surface area contributed by atoms with Crippen LogP contribution in [-0.2, 0) is 25.5 Å². The van der Waals surface area contributed by atoms with Crippen LogP contribution in [0.5, 0.6) is 0 Å². The zero-order valence-corrected chi connectivity index (χ0v) is 16.3. The number of aromatic amines is 1. The average Bonchev–Trinajstić information content (AvgIpc) is 3.28. The van der Waals surface area contributed by atoms with Gasteiger partial charge in [-0.25, -0.2) is 9.59 Å². The van der Waals surface area contributed by atoms with Gasteiger partial charge in [0.25, 0.3) is 5.91 Å². The van der Waals surface area contributed by atoms with Gasteiger partial charge in [-0.2, -0.15) is 5.10 Å². The van der Waals surface area contributed by atoms with Gasteiger partial charge in [0.1, 0.15) is 11.7 Å². The van der Waals surface area contributed by atoms with Crippen molar-refractivity contribution < 1.29 is 23.9 Å². The average molecular weight is 407 g/mol. The van der Waals surface area contributed by atoms with Gasteiger partial charge in [0.15, 0.2) is 6.61 Å². The highest BCUT2D eigenvalue weighted by molar-refractivity contribution is 5.91. The van der Waals surface area contributed by atoms with Crippen molar-refractivity contribution in [2.75, 3.05) is 13.7 Å². The van der Waals surface area contributed by atoms with E-state index in [1.165, 1.54) is 7.11 Å². The number of hydrogen-bond acceptors (Lipinski definition) is 6. The number of benzene rings is 2. The molecule has 0 aliphatic carbocycles. The molecule has 154 valence electrons. The molecule has 0 bridgehead atoms. The summed E-state index contributed by atoms with van der Waals surface area (Å²) in [6.45, 7) is -0.541. The molecule has 0 saturated heterocycles. The predicted octanol–water partition coefficient (Wildman–Crippen LogP) is 2.13. The Labute approximate surface area is 173 Å². The van der Waals surface area contributed by atoms with E-state index < -0.39 is 30.5 Å². The molecule has 1 atom stereocenters. The number of carbonyl (C=O) groups is 3. The van der Waals surface area contributed by atoms with E-state index in [1.807, 2.05) is 60.7 Å². The number of hydrogen-bond donors (Lipinski definition) is 2. The van der Waals surface area contributed by atoms with E-state index in [1.54, 1.807) is 6.07 Å². The molecule has 2 aromatic carbocycles. The summed E-state index contributed by atoms with van der Waals surface area (Å²) in [7, 11) is 1.25. The van der Waals surface area contributed by atoms with Crippen LogP contribution in [0.2, 0.25) is 0 Å². The number of esters is 2. The summed E-state index contributed by atoms with van der Waals surface area (Å²) in [5.74, 6) is -1.92. The first-order valence-corrected chi connectivity index (χ1v) is 9.26. The van der Waals surface area contributed by atoms with Crippen LogP contribution in [0.1, 0.15) is 16.1 Å². The molecule has 8 heteroatoms. The molecule has 2 N–H and O–H groups in total. The Morgan fingerprint density at radius 1 is 1.03 bits per heavy atom. The van der Waals surface area contributed by atoms with Gasteiger partial charge in [0, 0.05) is 12.0 Å². The van der Waals surface area contributed by atoms with Crippen molar-refractivity contribution in [3.8, 4) is 11.3 Å². The summed E-state index contributed by atoms with van der Waals surface area (Å²) in [6, 6.07) is 19.2. The SMILES string of the molecule is COC(=O)[C@H](Cc1ccccc1)NC(=O)COC(=O)c1cc(-c2ccccc2)n[nH]1. The van der Waals surface area contributed by atoms with E-state index in [4.69, 9.17) is 9.47 Å². The van der Waals surface area contributed by atoms with E-state index in [9.17, 15) is 14.4 Å². The maximum Gasteiger partial charge on any atom is 0.356 e. The summed E-state index contributed by atoms with van der Waals surface area (Å²) in [6.07, 6.45) is 0.258. The first kappa shape index (κ1) is 20.8. The normalized spacial score (nSPS) is 11.4. The Morgan fingerprint density at radius 2 is 1.70 bits per heavy atom. The molecule has 0 radical (unpaired) electrons. The molecule has 0 aliphatic rings. The third-order valence-electron chi connectivity index (χ3n) is 4.31. The zero-order chi connectivity index (χ0) is 21.3. The van der Waals surface area contributed by atoms with Crippen molar-refractivity contribution >= 4 is 17.8 Å². The number of methoxy groups -OCH3 is 1. The second kappa shape index (κ2) is 10.0. The lowest BCUT2D eigenvalue weighted by Gasteiger charge is -2.16. The van der Waals surface area contributed by atoms with Crippen molar-refractivity contribution in [3.63, 3.8) is 0 Å². The van der Waals surface area contributed by atoms with Gasteiger partial charge in [-0.1, -0.05) is 60.7 Å². The summed E-state index contributed by atoms with van der Waals surface area (Å²) in [4.78, 5) is 36.4. The summed E-state index contributed by atoms with van der Waals surface area (Å²) >= 11 is 0. The monoisotopic (exact) mass is 407 g/mol. The highest BCUT2D eigenvalue weighted by Gasteiger charge is 2.23. The molecule has 0 unspecified atom stereocenters. The molecule has 0 fully saturated rings. The van der Waals surface area contributed by atoms with Crippen molar-refractivity contribution in [3.05, 3.63) is 78.0 Å². The molecular weight excluding hydrogens is 386 g/mol. The van der Waals surface area contributed by atoms with E-state index in [-0.39, 0.29) is 12.1 Å². The Morgan fingerprint density at radius 3 is 2.37 bits per heavy atom. The van der Waals surface area contributed by atoms with Crippen molar-refractivity contribution in [1.82, 2.24) is 15.5 Å². The number of aromatic nitrogens is 2. The Balaban J connectivity index is 1.55. The van der Waals surface area contributed by atoms with Crippen LogP contribution in [0.3, 0.4) is 0 Å². The molecular formula is C22H21N3O5. The lowest BCUT2D eigenvalue weighted by Crippen LogP contribution is -2.44.